The van der Waals surface area contributed by atoms with Gasteiger partial charge >= 0.3 is 5.97 Å². The van der Waals surface area contributed by atoms with Gasteiger partial charge in [0, 0.05) is 0 Å². The van der Waals surface area contributed by atoms with Crippen LogP contribution in [0, 0.1) is 0 Å². The van der Waals surface area contributed by atoms with E-state index in [-0.39, 0.29) is 0 Å². The molecule has 4 atom stereocenters. The van der Waals surface area contributed by atoms with Crippen LogP contribution < -0.4 is 38.9 Å². The molecule has 0 fully saturated rings. The van der Waals surface area contributed by atoms with Crippen LogP contribution in [0.25, 0.3) is 0 Å². The molecule has 4 unspecified atom stereocenters. The van der Waals surface area contributed by atoms with Gasteiger partial charge in [0.1, 0.15) is 18.1 Å². The number of aliphatic hydroxyl groups is 1. The topological polar surface area (TPSA) is 300 Å². The molecule has 0 aliphatic heterocycles. The number of aliphatic hydroxyl groups excluding tert-OH is 1. The van der Waals surface area contributed by atoms with Crippen LogP contribution in [-0.2, 0) is 33.6 Å². The van der Waals surface area contributed by atoms with Crippen molar-refractivity contribution in [3.8, 4) is 0 Å². The van der Waals surface area contributed by atoms with Crippen LogP contribution in [-0.4, -0.2) is 82.4 Å². The number of amides is 6. The maximum atomic E-state index is 12.5. The summed E-state index contributed by atoms with van der Waals surface area (Å²) in [5.41, 5.74) is 20.4. The third-order valence-corrected chi connectivity index (χ3v) is 3.63. The van der Waals surface area contributed by atoms with Crippen molar-refractivity contribution in [1.82, 2.24) is 16.0 Å². The van der Waals surface area contributed by atoms with Crippen LogP contribution in [0.3, 0.4) is 0 Å². The van der Waals surface area contributed by atoms with Gasteiger partial charge < -0.3 is 49.1 Å². The highest BCUT2D eigenvalue weighted by Crippen LogP contribution is 2.00. The highest BCUT2D eigenvalue weighted by molar-refractivity contribution is 5.98. The lowest BCUT2D eigenvalue weighted by Crippen LogP contribution is -2.58. The van der Waals surface area contributed by atoms with E-state index in [0.29, 0.717) is 0 Å². The summed E-state index contributed by atoms with van der Waals surface area (Å²) < 4.78 is 0. The third-order valence-electron chi connectivity index (χ3n) is 3.63. The molecule has 174 valence electrons. The number of nitrogens with one attached hydrogen (secondary N) is 3. The van der Waals surface area contributed by atoms with Gasteiger partial charge in [-0.3, -0.25) is 28.8 Å². The maximum Gasteiger partial charge on any atom is 0.328 e. The zero-order valence-electron chi connectivity index (χ0n) is 16.2. The van der Waals surface area contributed by atoms with Crippen molar-refractivity contribution in [2.75, 3.05) is 6.61 Å². The van der Waals surface area contributed by atoms with Crippen molar-refractivity contribution >= 4 is 41.4 Å². The van der Waals surface area contributed by atoms with Gasteiger partial charge in [-0.15, -0.1) is 0 Å². The van der Waals surface area contributed by atoms with Gasteiger partial charge in [0.15, 0.2) is 0 Å². The lowest BCUT2D eigenvalue weighted by Gasteiger charge is -2.23. The number of aliphatic carboxylic acids is 1. The van der Waals surface area contributed by atoms with E-state index < -0.39 is 91.4 Å². The zero-order chi connectivity index (χ0) is 24.3. The molecule has 0 spiro atoms. The molecule has 0 radical (unpaired) electrons. The fourth-order valence-electron chi connectivity index (χ4n) is 2.14. The first-order valence-corrected chi connectivity index (χ1v) is 8.63. The number of primary amides is 3. The first kappa shape index (κ1) is 27.2. The molecule has 0 aromatic heterocycles. The van der Waals surface area contributed by atoms with Gasteiger partial charge in [-0.05, 0) is 0 Å². The van der Waals surface area contributed by atoms with Crippen molar-refractivity contribution in [1.29, 1.82) is 0 Å². The van der Waals surface area contributed by atoms with E-state index in [0.717, 1.165) is 0 Å². The van der Waals surface area contributed by atoms with Crippen molar-refractivity contribution in [3.63, 3.8) is 0 Å². The van der Waals surface area contributed by atoms with E-state index in [9.17, 15) is 33.6 Å². The smallest absolute Gasteiger partial charge is 0.328 e. The molecule has 13 N–H and O–H groups in total. The number of nitrogens with two attached hydrogens (primary N) is 4. The minimum absolute atomic E-state index is 0.568. The molecule has 16 nitrogen and oxygen atoms in total. The quantitative estimate of drug-likeness (QED) is 0.121. The van der Waals surface area contributed by atoms with Crippen molar-refractivity contribution < 1.29 is 43.8 Å². The molecule has 0 aliphatic carbocycles. The monoisotopic (exact) mass is 447 g/mol. The van der Waals surface area contributed by atoms with Crippen molar-refractivity contribution in [2.24, 2.45) is 22.9 Å². The molecule has 0 bridgehead atoms. The SMILES string of the molecule is NC(=O)CC(N)C(=O)NC(CC(N)=O)C(=O)NC(CC(N)=O)C(=O)NC(CO)C(=O)O. The minimum atomic E-state index is -1.74. The van der Waals surface area contributed by atoms with E-state index in [4.69, 9.17) is 33.1 Å². The Balaban J connectivity index is 5.47. The number of carbonyl (C=O) groups excluding carboxylic acids is 6. The van der Waals surface area contributed by atoms with Crippen LogP contribution in [0.1, 0.15) is 19.3 Å². The van der Waals surface area contributed by atoms with Crippen LogP contribution >= 0.6 is 0 Å². The Morgan fingerprint density at radius 2 is 1.00 bits per heavy atom. The van der Waals surface area contributed by atoms with Crippen LogP contribution in [0.2, 0.25) is 0 Å². The molecule has 0 aromatic carbocycles. The standard InChI is InChI=1S/C15H25N7O9/c16-5(1-9(17)24)12(27)20-6(2-10(18)25)13(28)21-7(3-11(19)26)14(29)22-8(4-23)15(30)31/h5-8,23H,1-4,16H2,(H2,17,24)(H2,18,25)(H2,19,26)(H,20,27)(H,21,28)(H,22,29)(H,30,31). The van der Waals surface area contributed by atoms with Gasteiger partial charge in [-0.1, -0.05) is 0 Å². The van der Waals surface area contributed by atoms with Crippen LogP contribution in [0.4, 0.5) is 0 Å². The molecule has 0 saturated heterocycles. The predicted molar refractivity (Wildman–Crippen MR) is 99.9 cm³/mol. The van der Waals surface area contributed by atoms with Gasteiger partial charge in [-0.25, -0.2) is 4.79 Å². The fraction of sp³-hybridized carbons (Fsp3) is 0.533. The van der Waals surface area contributed by atoms with E-state index >= 15 is 0 Å². The lowest BCUT2D eigenvalue weighted by molar-refractivity contribution is -0.143. The Bertz CT molecular complexity index is 742. The zero-order valence-corrected chi connectivity index (χ0v) is 16.2. The molecule has 0 heterocycles. The normalized spacial score (nSPS) is 14.3. The van der Waals surface area contributed by atoms with Crippen molar-refractivity contribution in [2.45, 2.75) is 43.4 Å². The molecule has 0 rings (SSSR count). The van der Waals surface area contributed by atoms with E-state index in [2.05, 4.69) is 5.32 Å². The molecule has 31 heavy (non-hydrogen) atoms. The lowest BCUT2D eigenvalue weighted by atomic mass is 10.1. The Kier molecular flexibility index (Phi) is 11.2. The first-order chi connectivity index (χ1) is 14.3. The Labute approximate surface area is 175 Å². The minimum Gasteiger partial charge on any atom is -0.480 e. The number of carboxylic acid groups (broad SMARTS) is 1. The Morgan fingerprint density at radius 3 is 1.32 bits per heavy atom. The molecular weight excluding hydrogens is 422 g/mol. The molecule has 16 heteroatoms. The summed E-state index contributed by atoms with van der Waals surface area (Å²) in [5, 5.41) is 23.8. The summed E-state index contributed by atoms with van der Waals surface area (Å²) in [5.74, 6) is -8.00. The Hall–Kier alpha value is -3.79. The predicted octanol–water partition coefficient (Wildman–Crippen LogP) is -6.53. The molecular formula is C15H25N7O9. The summed E-state index contributed by atoms with van der Waals surface area (Å²) in [7, 11) is 0. The highest BCUT2D eigenvalue weighted by atomic mass is 16.4. The number of carbonyl (C=O) groups is 7. The number of rotatable bonds is 14. The van der Waals surface area contributed by atoms with Crippen LogP contribution in [0.15, 0.2) is 0 Å². The largest absolute Gasteiger partial charge is 0.480 e. The summed E-state index contributed by atoms with van der Waals surface area (Å²) in [6.07, 6.45) is -2.10. The van der Waals surface area contributed by atoms with Gasteiger partial charge in [0.2, 0.25) is 35.4 Å². The molecule has 0 aromatic rings. The highest BCUT2D eigenvalue weighted by Gasteiger charge is 2.32. The van der Waals surface area contributed by atoms with Crippen molar-refractivity contribution in [3.05, 3.63) is 0 Å². The summed E-state index contributed by atoms with van der Waals surface area (Å²) in [6, 6.07) is -6.58. The van der Waals surface area contributed by atoms with E-state index in [1.165, 1.54) is 0 Å². The van der Waals surface area contributed by atoms with E-state index in [1.54, 1.807) is 0 Å². The van der Waals surface area contributed by atoms with E-state index in [1.807, 2.05) is 10.6 Å². The van der Waals surface area contributed by atoms with Crippen LogP contribution in [0.5, 0.6) is 0 Å². The summed E-state index contributed by atoms with van der Waals surface area (Å²) in [6.45, 7) is -0.990. The molecule has 0 saturated carbocycles. The summed E-state index contributed by atoms with van der Waals surface area (Å²) in [4.78, 5) is 81.0. The van der Waals surface area contributed by atoms with Gasteiger partial charge in [0.05, 0.1) is 31.9 Å². The van der Waals surface area contributed by atoms with Gasteiger partial charge in [-0.2, -0.15) is 0 Å². The van der Waals surface area contributed by atoms with Gasteiger partial charge in [0.25, 0.3) is 0 Å². The fourth-order valence-corrected chi connectivity index (χ4v) is 2.14. The number of hydrogen-bond donors (Lipinski definition) is 9. The molecule has 6 amide bonds. The second kappa shape index (κ2) is 12.7. The number of carboxylic acids is 1. The number of hydrogen-bond acceptors (Lipinski definition) is 9. The average molecular weight is 447 g/mol. The summed E-state index contributed by atoms with van der Waals surface area (Å²) >= 11 is 0. The second-order valence-corrected chi connectivity index (χ2v) is 6.32. The first-order valence-electron chi connectivity index (χ1n) is 8.63. The third kappa shape index (κ3) is 10.5. The molecule has 0 aliphatic rings. The second-order valence-electron chi connectivity index (χ2n) is 6.32. The average Bonchev–Trinajstić information content (AvgIpc) is 2.62. The maximum absolute atomic E-state index is 12.5. The Morgan fingerprint density at radius 1 is 0.645 bits per heavy atom.